The number of hydrogen-bond donors (Lipinski definition) is 2. The molecule has 1 aromatic rings. The number of hydrogen-bond acceptors (Lipinski definition) is 5. The fourth-order valence-corrected chi connectivity index (χ4v) is 4.71. The highest BCUT2D eigenvalue weighted by atomic mass is 16.5. The van der Waals surface area contributed by atoms with Crippen LogP contribution >= 0.6 is 0 Å². The minimum atomic E-state index is -0.128. The van der Waals surface area contributed by atoms with Crippen molar-refractivity contribution in [2.45, 2.75) is 39.3 Å². The van der Waals surface area contributed by atoms with Crippen LogP contribution in [-0.4, -0.2) is 72.6 Å². The van der Waals surface area contributed by atoms with Crippen LogP contribution in [0.25, 0.3) is 0 Å². The minimum absolute atomic E-state index is 0.128. The molecule has 0 spiro atoms. The Bertz CT molecular complexity index is 599. The summed E-state index contributed by atoms with van der Waals surface area (Å²) in [6, 6.07) is 4.38. The van der Waals surface area contributed by atoms with Gasteiger partial charge in [-0.1, -0.05) is 17.7 Å². The maximum Gasteiger partial charge on any atom is 0.126 e. The molecule has 0 bridgehead atoms. The number of nitrogens with zero attached hydrogens (tertiary/aromatic N) is 2. The van der Waals surface area contributed by atoms with Crippen molar-refractivity contribution in [2.75, 3.05) is 46.4 Å². The standard InChI is InChI=1S/C21H34N2O3/c1-15-8-16(2)21(26-3)17(9-15)10-23-12-18(19(13-23)14-24)11-22-6-4-20(25)5-7-22/h8-9,18-20,24-25H,4-7,10-14H2,1-3H3/t18-,19-/m0/s1. The topological polar surface area (TPSA) is 56.2 Å². The highest BCUT2D eigenvalue weighted by Crippen LogP contribution is 2.31. The summed E-state index contributed by atoms with van der Waals surface area (Å²) in [5.74, 6) is 1.82. The molecule has 0 radical (unpaired) electrons. The fourth-order valence-electron chi connectivity index (χ4n) is 4.71. The van der Waals surface area contributed by atoms with Crippen molar-refractivity contribution in [1.82, 2.24) is 9.80 Å². The molecular formula is C21H34N2O3. The van der Waals surface area contributed by atoms with Crippen LogP contribution in [0.5, 0.6) is 5.75 Å². The van der Waals surface area contributed by atoms with Gasteiger partial charge < -0.3 is 19.8 Å². The smallest absolute Gasteiger partial charge is 0.126 e. The number of aliphatic hydroxyl groups is 2. The summed E-state index contributed by atoms with van der Waals surface area (Å²) in [6.45, 7) is 10.3. The van der Waals surface area contributed by atoms with Crippen LogP contribution < -0.4 is 4.74 Å². The van der Waals surface area contributed by atoms with Gasteiger partial charge in [-0.15, -0.1) is 0 Å². The quantitative estimate of drug-likeness (QED) is 0.808. The lowest BCUT2D eigenvalue weighted by atomic mass is 9.95. The van der Waals surface area contributed by atoms with Crippen LogP contribution in [0.2, 0.25) is 0 Å². The number of aliphatic hydroxyl groups excluding tert-OH is 2. The van der Waals surface area contributed by atoms with E-state index in [2.05, 4.69) is 35.8 Å². The molecule has 0 saturated carbocycles. The van der Waals surface area contributed by atoms with Crippen LogP contribution in [0.4, 0.5) is 0 Å². The lowest BCUT2D eigenvalue weighted by molar-refractivity contribution is 0.0684. The third-order valence-electron chi connectivity index (χ3n) is 6.03. The minimum Gasteiger partial charge on any atom is -0.496 e. The molecule has 2 atom stereocenters. The van der Waals surface area contributed by atoms with Gasteiger partial charge in [0.15, 0.2) is 0 Å². The Morgan fingerprint density at radius 1 is 1.08 bits per heavy atom. The van der Waals surface area contributed by atoms with E-state index in [1.54, 1.807) is 7.11 Å². The molecule has 0 amide bonds. The van der Waals surface area contributed by atoms with Gasteiger partial charge in [0.2, 0.25) is 0 Å². The Balaban J connectivity index is 1.64. The molecule has 0 aromatic heterocycles. The highest BCUT2D eigenvalue weighted by molar-refractivity contribution is 5.43. The number of piperidine rings is 1. The number of rotatable bonds is 6. The van der Waals surface area contributed by atoms with Crippen LogP contribution in [-0.2, 0) is 6.54 Å². The summed E-state index contributed by atoms with van der Waals surface area (Å²) in [5, 5.41) is 19.6. The summed E-state index contributed by atoms with van der Waals surface area (Å²) in [7, 11) is 1.75. The molecule has 0 aliphatic carbocycles. The van der Waals surface area contributed by atoms with E-state index in [1.165, 1.54) is 16.7 Å². The molecular weight excluding hydrogens is 328 g/mol. The molecule has 2 fully saturated rings. The first-order valence-electron chi connectivity index (χ1n) is 9.88. The lowest BCUT2D eigenvalue weighted by Crippen LogP contribution is -2.40. The Hall–Kier alpha value is -1.14. The molecule has 26 heavy (non-hydrogen) atoms. The van der Waals surface area contributed by atoms with E-state index in [1.807, 2.05) is 0 Å². The van der Waals surface area contributed by atoms with E-state index in [0.717, 1.165) is 57.9 Å². The molecule has 0 unspecified atom stereocenters. The highest BCUT2D eigenvalue weighted by Gasteiger charge is 2.34. The normalized spacial score (nSPS) is 25.7. The summed E-state index contributed by atoms with van der Waals surface area (Å²) in [4.78, 5) is 4.92. The van der Waals surface area contributed by atoms with Gasteiger partial charge in [0.25, 0.3) is 0 Å². The van der Waals surface area contributed by atoms with Crippen LogP contribution in [0.1, 0.15) is 29.5 Å². The van der Waals surface area contributed by atoms with E-state index in [0.29, 0.717) is 11.8 Å². The van der Waals surface area contributed by atoms with Crippen molar-refractivity contribution in [3.05, 3.63) is 28.8 Å². The number of ether oxygens (including phenoxy) is 1. The first kappa shape index (κ1) is 19.6. The van der Waals surface area contributed by atoms with E-state index in [4.69, 9.17) is 4.74 Å². The Kier molecular flexibility index (Phi) is 6.56. The molecule has 1 aromatic carbocycles. The largest absolute Gasteiger partial charge is 0.496 e. The number of methoxy groups -OCH3 is 1. The summed E-state index contributed by atoms with van der Waals surface area (Å²) >= 11 is 0. The molecule has 2 N–H and O–H groups in total. The first-order valence-corrected chi connectivity index (χ1v) is 9.88. The maximum atomic E-state index is 9.87. The van der Waals surface area contributed by atoms with Crippen molar-refractivity contribution < 1.29 is 14.9 Å². The summed E-state index contributed by atoms with van der Waals surface area (Å²) in [5.41, 5.74) is 3.69. The van der Waals surface area contributed by atoms with Gasteiger partial charge in [0.1, 0.15) is 5.75 Å². The number of likely N-dealkylation sites (tertiary alicyclic amines) is 2. The third-order valence-corrected chi connectivity index (χ3v) is 6.03. The Morgan fingerprint density at radius 2 is 1.77 bits per heavy atom. The van der Waals surface area contributed by atoms with Crippen LogP contribution in [0.3, 0.4) is 0 Å². The first-order chi connectivity index (χ1) is 12.5. The van der Waals surface area contributed by atoms with Crippen molar-refractivity contribution >= 4 is 0 Å². The number of benzene rings is 1. The molecule has 2 heterocycles. The Morgan fingerprint density at radius 3 is 2.42 bits per heavy atom. The summed E-state index contributed by atoms with van der Waals surface area (Å²) < 4.78 is 5.65. The van der Waals surface area contributed by atoms with Crippen LogP contribution in [0, 0.1) is 25.7 Å². The van der Waals surface area contributed by atoms with Crippen molar-refractivity contribution in [2.24, 2.45) is 11.8 Å². The van der Waals surface area contributed by atoms with Crippen LogP contribution in [0.15, 0.2) is 12.1 Å². The van der Waals surface area contributed by atoms with Gasteiger partial charge in [0, 0.05) is 51.4 Å². The van der Waals surface area contributed by atoms with Gasteiger partial charge >= 0.3 is 0 Å². The SMILES string of the molecule is COc1c(C)cc(C)cc1CN1C[C@@H](CO)[C@@H](CN2CCC(O)CC2)C1. The van der Waals surface area contributed by atoms with Gasteiger partial charge in [-0.25, -0.2) is 0 Å². The summed E-state index contributed by atoms with van der Waals surface area (Å²) in [6.07, 6.45) is 1.62. The molecule has 3 rings (SSSR count). The average Bonchev–Trinajstić information content (AvgIpc) is 2.98. The number of aryl methyl sites for hydroxylation is 2. The fraction of sp³-hybridized carbons (Fsp3) is 0.714. The van der Waals surface area contributed by atoms with E-state index in [9.17, 15) is 10.2 Å². The molecule has 5 nitrogen and oxygen atoms in total. The molecule has 5 heteroatoms. The monoisotopic (exact) mass is 362 g/mol. The molecule has 146 valence electrons. The predicted molar refractivity (Wildman–Crippen MR) is 103 cm³/mol. The molecule has 2 aliphatic rings. The zero-order valence-electron chi connectivity index (χ0n) is 16.4. The second-order valence-corrected chi connectivity index (χ2v) is 8.20. The van der Waals surface area contributed by atoms with E-state index in [-0.39, 0.29) is 12.7 Å². The predicted octanol–water partition coefficient (Wildman–Crippen LogP) is 1.81. The second-order valence-electron chi connectivity index (χ2n) is 8.20. The average molecular weight is 363 g/mol. The van der Waals surface area contributed by atoms with E-state index >= 15 is 0 Å². The van der Waals surface area contributed by atoms with Gasteiger partial charge in [-0.05, 0) is 44.1 Å². The zero-order chi connectivity index (χ0) is 18.7. The van der Waals surface area contributed by atoms with Gasteiger partial charge in [-0.2, -0.15) is 0 Å². The zero-order valence-corrected chi connectivity index (χ0v) is 16.4. The van der Waals surface area contributed by atoms with Crippen molar-refractivity contribution in [1.29, 1.82) is 0 Å². The van der Waals surface area contributed by atoms with Crippen molar-refractivity contribution in [3.63, 3.8) is 0 Å². The molecule has 2 saturated heterocycles. The van der Waals surface area contributed by atoms with Gasteiger partial charge in [0.05, 0.1) is 13.2 Å². The lowest BCUT2D eigenvalue weighted by Gasteiger charge is -2.32. The van der Waals surface area contributed by atoms with Crippen molar-refractivity contribution in [3.8, 4) is 5.75 Å². The second kappa shape index (κ2) is 8.70. The van der Waals surface area contributed by atoms with Gasteiger partial charge in [-0.3, -0.25) is 4.90 Å². The third kappa shape index (κ3) is 4.58. The van der Waals surface area contributed by atoms with E-state index < -0.39 is 0 Å². The molecule has 2 aliphatic heterocycles. The Labute approximate surface area is 157 Å². The maximum absolute atomic E-state index is 9.87.